The average molecular weight is 259 g/mol. The van der Waals surface area contributed by atoms with Crippen LogP contribution in [0.3, 0.4) is 0 Å². The third kappa shape index (κ3) is 2.44. The van der Waals surface area contributed by atoms with Gasteiger partial charge < -0.3 is 10.1 Å². The molecule has 0 amide bonds. The highest BCUT2D eigenvalue weighted by Gasteiger charge is 2.21. The molecule has 2 rings (SSSR count). The Hall–Kier alpha value is -1.94. The molecule has 0 unspecified atom stereocenters. The number of ether oxygens (including phenoxy) is 1. The van der Waals surface area contributed by atoms with Gasteiger partial charge in [0, 0.05) is 13.7 Å². The minimum absolute atomic E-state index is 0.408. The Kier molecular flexibility index (Phi) is 3.81. The zero-order valence-corrected chi connectivity index (χ0v) is 11.4. The van der Waals surface area contributed by atoms with Crippen LogP contribution in [0.15, 0.2) is 27.8 Å². The molecule has 0 saturated carbocycles. The van der Waals surface area contributed by atoms with Crippen molar-refractivity contribution < 1.29 is 4.74 Å². The molecule has 0 fully saturated rings. The summed E-state index contributed by atoms with van der Waals surface area (Å²) < 4.78 is 4.92. The second-order valence-electron chi connectivity index (χ2n) is 4.63. The van der Waals surface area contributed by atoms with Gasteiger partial charge in [0.05, 0.1) is 17.9 Å². The lowest BCUT2D eigenvalue weighted by Gasteiger charge is -2.14. The first-order valence-corrected chi connectivity index (χ1v) is 6.20. The second kappa shape index (κ2) is 5.36. The van der Waals surface area contributed by atoms with Gasteiger partial charge >= 0.3 is 0 Å². The molecule has 0 aliphatic rings. The fourth-order valence-electron chi connectivity index (χ4n) is 2.01. The number of nitrogens with one attached hydrogen (secondary N) is 1. The van der Waals surface area contributed by atoms with Crippen LogP contribution in [-0.2, 0) is 4.74 Å². The quantitative estimate of drug-likeness (QED) is 0.655. The smallest absolute Gasteiger partial charge is 0.250 e. The lowest BCUT2D eigenvalue weighted by molar-refractivity contribution is 0.210. The summed E-state index contributed by atoms with van der Waals surface area (Å²) in [6, 6.07) is 5.77. The van der Waals surface area contributed by atoms with Crippen LogP contribution < -0.4 is 16.2 Å². The lowest BCUT2D eigenvalue weighted by Crippen LogP contribution is -2.36. The molecular formula is C15H17NO3. The number of hydrogen-bond donors (Lipinski definition) is 1. The van der Waals surface area contributed by atoms with Crippen molar-refractivity contribution in [3.05, 3.63) is 49.8 Å². The molecule has 0 saturated heterocycles. The average Bonchev–Trinajstić information content (AvgIpc) is 2.41. The van der Waals surface area contributed by atoms with Crippen LogP contribution in [0.1, 0.15) is 11.1 Å². The van der Waals surface area contributed by atoms with E-state index in [1.165, 1.54) is 0 Å². The van der Waals surface area contributed by atoms with E-state index >= 15 is 0 Å². The number of aryl methyl sites for hydroxylation is 2. The third-order valence-corrected chi connectivity index (χ3v) is 3.31. The van der Waals surface area contributed by atoms with Crippen molar-refractivity contribution >= 4 is 5.69 Å². The van der Waals surface area contributed by atoms with Crippen LogP contribution in [0.25, 0.3) is 11.1 Å². The maximum Gasteiger partial charge on any atom is 0.250 e. The van der Waals surface area contributed by atoms with Crippen molar-refractivity contribution in [2.24, 2.45) is 0 Å². The zero-order valence-electron chi connectivity index (χ0n) is 11.4. The molecule has 0 aliphatic carbocycles. The molecule has 0 radical (unpaired) electrons. The van der Waals surface area contributed by atoms with Crippen LogP contribution in [0.2, 0.25) is 0 Å². The summed E-state index contributed by atoms with van der Waals surface area (Å²) >= 11 is 0. The largest absolute Gasteiger partial charge is 0.383 e. The van der Waals surface area contributed by atoms with Crippen molar-refractivity contribution in [1.82, 2.24) is 0 Å². The van der Waals surface area contributed by atoms with Crippen LogP contribution in [0.5, 0.6) is 0 Å². The molecule has 19 heavy (non-hydrogen) atoms. The lowest BCUT2D eigenvalue weighted by atomic mass is 9.95. The van der Waals surface area contributed by atoms with Gasteiger partial charge in [-0.2, -0.15) is 0 Å². The maximum atomic E-state index is 11.7. The number of methoxy groups -OCH3 is 1. The summed E-state index contributed by atoms with van der Waals surface area (Å²) in [5.41, 5.74) is 3.11. The fraction of sp³-hybridized carbons (Fsp3) is 0.333. The van der Waals surface area contributed by atoms with E-state index in [4.69, 9.17) is 4.74 Å². The molecule has 2 aromatic carbocycles. The molecule has 0 heterocycles. The predicted octanol–water partition coefficient (Wildman–Crippen LogP) is 1.62. The number of benzene rings is 1. The molecule has 0 aliphatic heterocycles. The summed E-state index contributed by atoms with van der Waals surface area (Å²) in [6.45, 7) is 5.01. The van der Waals surface area contributed by atoms with Crippen LogP contribution in [-0.4, -0.2) is 20.3 Å². The first-order valence-electron chi connectivity index (χ1n) is 6.20. The summed E-state index contributed by atoms with van der Waals surface area (Å²) in [4.78, 5) is 23.3. The monoisotopic (exact) mass is 259 g/mol. The predicted molar refractivity (Wildman–Crippen MR) is 76.6 cm³/mol. The second-order valence-corrected chi connectivity index (χ2v) is 4.63. The van der Waals surface area contributed by atoms with Gasteiger partial charge in [0.15, 0.2) is 0 Å². The molecule has 0 atom stereocenters. The highest BCUT2D eigenvalue weighted by Crippen LogP contribution is 2.25. The summed E-state index contributed by atoms with van der Waals surface area (Å²) in [5, 5.41) is 2.97. The standard InChI is InChI=1S/C15H17NO3/c1-9-4-5-11(8-10(9)2)12-13(15(18)14(12)17)16-6-7-19-3/h4-5,8,16H,6-7H2,1-3H3. The van der Waals surface area contributed by atoms with Crippen molar-refractivity contribution in [1.29, 1.82) is 0 Å². The van der Waals surface area contributed by atoms with E-state index in [-0.39, 0.29) is 0 Å². The Labute approximate surface area is 111 Å². The zero-order chi connectivity index (χ0) is 14.0. The SMILES string of the molecule is COCCNc1c(-c2ccc(C)c(C)c2)c(=O)c1=O. The normalized spacial score (nSPS) is 10.9. The highest BCUT2D eigenvalue weighted by atomic mass is 16.5. The number of rotatable bonds is 5. The molecule has 4 nitrogen and oxygen atoms in total. The van der Waals surface area contributed by atoms with Gasteiger partial charge in [-0.3, -0.25) is 9.59 Å². The maximum absolute atomic E-state index is 11.7. The Bertz CT molecular complexity index is 666. The van der Waals surface area contributed by atoms with E-state index < -0.39 is 10.9 Å². The Morgan fingerprint density at radius 1 is 1.11 bits per heavy atom. The van der Waals surface area contributed by atoms with Gasteiger partial charge in [-0.1, -0.05) is 18.2 Å². The molecule has 0 spiro atoms. The van der Waals surface area contributed by atoms with Crippen LogP contribution in [0, 0.1) is 13.8 Å². The molecule has 2 aromatic rings. The van der Waals surface area contributed by atoms with Crippen molar-refractivity contribution in [2.75, 3.05) is 25.6 Å². The first kappa shape index (κ1) is 13.5. The van der Waals surface area contributed by atoms with E-state index in [0.29, 0.717) is 24.4 Å². The summed E-state index contributed by atoms with van der Waals surface area (Å²) in [7, 11) is 1.59. The minimum Gasteiger partial charge on any atom is -0.383 e. The van der Waals surface area contributed by atoms with Crippen LogP contribution in [0.4, 0.5) is 5.69 Å². The summed E-state index contributed by atoms with van der Waals surface area (Å²) in [5.74, 6) is 0. The Balaban J connectivity index is 2.34. The van der Waals surface area contributed by atoms with Crippen molar-refractivity contribution in [2.45, 2.75) is 13.8 Å². The fourth-order valence-corrected chi connectivity index (χ4v) is 2.01. The minimum atomic E-state index is -0.440. The molecule has 4 heteroatoms. The van der Waals surface area contributed by atoms with Gasteiger partial charge in [-0.05, 0) is 30.5 Å². The van der Waals surface area contributed by atoms with E-state index in [2.05, 4.69) is 5.32 Å². The van der Waals surface area contributed by atoms with E-state index in [1.807, 2.05) is 32.0 Å². The third-order valence-electron chi connectivity index (χ3n) is 3.31. The number of hydrogen-bond acceptors (Lipinski definition) is 4. The van der Waals surface area contributed by atoms with Gasteiger partial charge in [0.25, 0.3) is 0 Å². The number of anilines is 1. The molecule has 1 N–H and O–H groups in total. The van der Waals surface area contributed by atoms with Gasteiger partial charge in [0.1, 0.15) is 0 Å². The Morgan fingerprint density at radius 3 is 2.47 bits per heavy atom. The van der Waals surface area contributed by atoms with Gasteiger partial charge in [0.2, 0.25) is 10.9 Å². The highest BCUT2D eigenvalue weighted by molar-refractivity contribution is 5.82. The Morgan fingerprint density at radius 2 is 1.84 bits per heavy atom. The topological polar surface area (TPSA) is 55.4 Å². The van der Waals surface area contributed by atoms with E-state index in [0.717, 1.165) is 16.7 Å². The van der Waals surface area contributed by atoms with Gasteiger partial charge in [-0.25, -0.2) is 0 Å². The van der Waals surface area contributed by atoms with Crippen LogP contribution >= 0.6 is 0 Å². The van der Waals surface area contributed by atoms with E-state index in [1.54, 1.807) is 7.11 Å². The summed E-state index contributed by atoms with van der Waals surface area (Å²) in [6.07, 6.45) is 0. The van der Waals surface area contributed by atoms with E-state index in [9.17, 15) is 9.59 Å². The van der Waals surface area contributed by atoms with Crippen molar-refractivity contribution in [3.63, 3.8) is 0 Å². The molecule has 0 bridgehead atoms. The molecular weight excluding hydrogens is 242 g/mol. The molecule has 100 valence electrons. The van der Waals surface area contributed by atoms with Gasteiger partial charge in [-0.15, -0.1) is 0 Å². The first-order chi connectivity index (χ1) is 9.06. The van der Waals surface area contributed by atoms with Crippen molar-refractivity contribution in [3.8, 4) is 11.1 Å². The molecule has 0 aromatic heterocycles.